The molecule has 2 bridgehead atoms. The van der Waals surface area contributed by atoms with Crippen LogP contribution >= 0.6 is 22.6 Å². The largest absolute Gasteiger partial charge is 0.450 e. The van der Waals surface area contributed by atoms with Crippen LogP contribution in [-0.4, -0.2) is 9.39 Å². The molecular formula is C12H11IO5. The van der Waals surface area contributed by atoms with Crippen molar-refractivity contribution in [2.24, 2.45) is 0 Å². The fraction of sp³-hybridized carbons (Fsp3) is 0.333. The molecule has 2 heterocycles. The Bertz CT molecular complexity index is 694. The van der Waals surface area contributed by atoms with Crippen LogP contribution in [0.15, 0.2) is 19.7 Å². The molecule has 2 rings (SSSR count). The van der Waals surface area contributed by atoms with Crippen LogP contribution in [0.5, 0.6) is 5.95 Å². The minimum atomic E-state index is -0.683. The molecule has 5 nitrogen and oxygen atoms in total. The lowest BCUT2D eigenvalue weighted by Gasteiger charge is -2.16. The van der Waals surface area contributed by atoms with Crippen LogP contribution in [-0.2, 0) is 4.79 Å². The summed E-state index contributed by atoms with van der Waals surface area (Å²) in [6.45, 7) is 7.16. The fourth-order valence-corrected chi connectivity index (χ4v) is 1.41. The number of alkyl halides is 1. The zero-order chi connectivity index (χ0) is 13.5. The van der Waals surface area contributed by atoms with Crippen LogP contribution in [0.2, 0.25) is 0 Å². The van der Waals surface area contributed by atoms with Crippen molar-refractivity contribution >= 4 is 46.1 Å². The van der Waals surface area contributed by atoms with E-state index >= 15 is 0 Å². The summed E-state index contributed by atoms with van der Waals surface area (Å²) in [7, 11) is 0. The van der Waals surface area contributed by atoms with E-state index in [0.717, 1.165) is 0 Å². The number of esters is 1. The van der Waals surface area contributed by atoms with Crippen molar-refractivity contribution in [2.45, 2.75) is 23.7 Å². The first-order chi connectivity index (χ1) is 8.35. The van der Waals surface area contributed by atoms with Crippen LogP contribution in [0, 0.1) is 0 Å². The molecule has 0 spiro atoms. The highest BCUT2D eigenvalue weighted by Crippen LogP contribution is 2.27. The second kappa shape index (κ2) is 4.42. The minimum absolute atomic E-state index is 0.200. The Morgan fingerprint density at radius 3 is 2.83 bits per heavy atom. The van der Waals surface area contributed by atoms with Crippen molar-refractivity contribution in [2.75, 3.05) is 0 Å². The highest BCUT2D eigenvalue weighted by Gasteiger charge is 2.31. The molecule has 0 saturated carbocycles. The van der Waals surface area contributed by atoms with Gasteiger partial charge in [0.25, 0.3) is 0 Å². The van der Waals surface area contributed by atoms with Crippen molar-refractivity contribution < 1.29 is 18.4 Å². The van der Waals surface area contributed by atoms with Gasteiger partial charge < -0.3 is 13.6 Å². The molecule has 0 aliphatic heterocycles. The van der Waals surface area contributed by atoms with E-state index in [-0.39, 0.29) is 22.3 Å². The van der Waals surface area contributed by atoms with Gasteiger partial charge in [0.2, 0.25) is 5.58 Å². The third-order valence-electron chi connectivity index (χ3n) is 2.69. The number of ether oxygens (including phenoxy) is 1. The summed E-state index contributed by atoms with van der Waals surface area (Å²) in [6, 6.07) is 1.45. The maximum absolute atomic E-state index is 11.9. The van der Waals surface area contributed by atoms with Gasteiger partial charge in [0.05, 0.1) is 0 Å². The Morgan fingerprint density at radius 2 is 2.22 bits per heavy atom. The number of carbonyl (C=O) groups is 1. The summed E-state index contributed by atoms with van der Waals surface area (Å²) in [5, 5.41) is 0.248. The third kappa shape index (κ3) is 2.16. The Kier molecular flexibility index (Phi) is 3.22. The van der Waals surface area contributed by atoms with E-state index in [9.17, 15) is 9.59 Å². The molecule has 0 saturated heterocycles. The van der Waals surface area contributed by atoms with Crippen molar-refractivity contribution in [1.82, 2.24) is 0 Å². The SMILES string of the molecule is C=c1oc2cc1c(=O)oc2OC(=O)C(C)(I)CC. The number of rotatable bonds is 3. The molecule has 96 valence electrons. The number of furan rings is 1. The molecule has 1 atom stereocenters. The lowest BCUT2D eigenvalue weighted by molar-refractivity contribution is -0.137. The normalized spacial score (nSPS) is 14.6. The van der Waals surface area contributed by atoms with E-state index in [0.29, 0.717) is 6.42 Å². The summed E-state index contributed by atoms with van der Waals surface area (Å²) in [5.74, 6) is -0.706. The summed E-state index contributed by atoms with van der Waals surface area (Å²) in [5.41, 5.74) is -0.226. The Hall–Kier alpha value is -1.31. The van der Waals surface area contributed by atoms with Crippen molar-refractivity contribution in [1.29, 1.82) is 0 Å². The second-order valence-electron chi connectivity index (χ2n) is 4.06. The van der Waals surface area contributed by atoms with Gasteiger partial charge in [-0.05, 0) is 13.3 Å². The maximum atomic E-state index is 11.9. The molecule has 0 fully saturated rings. The van der Waals surface area contributed by atoms with E-state index in [1.807, 2.05) is 29.5 Å². The van der Waals surface area contributed by atoms with Gasteiger partial charge in [-0.1, -0.05) is 36.1 Å². The van der Waals surface area contributed by atoms with Crippen LogP contribution in [0.4, 0.5) is 0 Å². The average molecular weight is 362 g/mol. The zero-order valence-electron chi connectivity index (χ0n) is 9.91. The summed E-state index contributed by atoms with van der Waals surface area (Å²) < 4.78 is 14.5. The first kappa shape index (κ1) is 13.1. The average Bonchev–Trinajstić information content (AvgIpc) is 2.65. The van der Waals surface area contributed by atoms with Gasteiger partial charge in [-0.25, -0.2) is 4.79 Å². The van der Waals surface area contributed by atoms with Crippen molar-refractivity contribution in [3.8, 4) is 5.95 Å². The number of halogens is 1. The van der Waals surface area contributed by atoms with Crippen LogP contribution in [0.25, 0.3) is 17.5 Å². The van der Waals surface area contributed by atoms with Crippen molar-refractivity contribution in [3.63, 3.8) is 0 Å². The first-order valence-electron chi connectivity index (χ1n) is 5.31. The highest BCUT2D eigenvalue weighted by atomic mass is 127. The molecule has 0 aliphatic rings. The number of fused-ring (bicyclic) bond motifs is 2. The maximum Gasteiger partial charge on any atom is 0.349 e. The summed E-state index contributed by atoms with van der Waals surface area (Å²) in [6.07, 6.45) is 0.595. The van der Waals surface area contributed by atoms with Crippen LogP contribution < -0.4 is 15.8 Å². The molecule has 6 heteroatoms. The molecule has 0 radical (unpaired) electrons. The zero-order valence-corrected chi connectivity index (χ0v) is 12.1. The van der Waals surface area contributed by atoms with Gasteiger partial charge in [-0.3, -0.25) is 4.79 Å². The molecule has 18 heavy (non-hydrogen) atoms. The smallest absolute Gasteiger partial charge is 0.349 e. The fourth-order valence-electron chi connectivity index (χ4n) is 1.30. The molecule has 2 aromatic heterocycles. The van der Waals surface area contributed by atoms with Crippen LogP contribution in [0.1, 0.15) is 20.3 Å². The lowest BCUT2D eigenvalue weighted by atomic mass is 10.1. The van der Waals surface area contributed by atoms with Crippen LogP contribution in [0.3, 0.4) is 0 Å². The Balaban J connectivity index is 2.41. The molecular weight excluding hydrogens is 351 g/mol. The van der Waals surface area contributed by atoms with E-state index in [2.05, 4.69) is 6.58 Å². The van der Waals surface area contributed by atoms with Gasteiger partial charge in [0.1, 0.15) is 14.2 Å². The predicted molar refractivity (Wildman–Crippen MR) is 73.8 cm³/mol. The Labute approximate surface area is 116 Å². The van der Waals surface area contributed by atoms with Crippen molar-refractivity contribution in [3.05, 3.63) is 21.9 Å². The quantitative estimate of drug-likeness (QED) is 0.475. The standard InChI is InChI=1S/C12H11IO5/c1-4-12(3,13)11(15)18-10-8-5-7(6(2)16-8)9(14)17-10/h5H,2,4H2,1,3H3. The molecule has 0 aliphatic carbocycles. The lowest BCUT2D eigenvalue weighted by Crippen LogP contribution is -2.31. The first-order valence-corrected chi connectivity index (χ1v) is 6.39. The topological polar surface area (TPSA) is 69.7 Å². The van der Waals surface area contributed by atoms with Gasteiger partial charge >= 0.3 is 17.5 Å². The van der Waals surface area contributed by atoms with Gasteiger partial charge in [-0.2, -0.15) is 0 Å². The minimum Gasteiger partial charge on any atom is -0.450 e. The van der Waals surface area contributed by atoms with E-state index < -0.39 is 15.0 Å². The molecule has 0 N–H and O–H groups in total. The van der Waals surface area contributed by atoms with Gasteiger partial charge in [-0.15, -0.1) is 0 Å². The summed E-state index contributed by atoms with van der Waals surface area (Å²) >= 11 is 1.99. The highest BCUT2D eigenvalue weighted by molar-refractivity contribution is 14.1. The molecule has 1 unspecified atom stereocenters. The van der Waals surface area contributed by atoms with Gasteiger partial charge in [0.15, 0.2) is 0 Å². The summed E-state index contributed by atoms with van der Waals surface area (Å²) in [4.78, 5) is 23.4. The van der Waals surface area contributed by atoms with Gasteiger partial charge in [0, 0.05) is 6.07 Å². The number of carbonyl (C=O) groups excluding carboxylic acids is 1. The van der Waals surface area contributed by atoms with E-state index in [4.69, 9.17) is 13.6 Å². The molecule has 2 aromatic rings. The molecule has 0 aromatic carbocycles. The molecule has 0 amide bonds. The monoisotopic (exact) mass is 362 g/mol. The third-order valence-corrected chi connectivity index (χ3v) is 3.89. The number of hydrogen-bond acceptors (Lipinski definition) is 5. The van der Waals surface area contributed by atoms with E-state index in [1.54, 1.807) is 6.92 Å². The number of hydrogen-bond donors (Lipinski definition) is 0. The van der Waals surface area contributed by atoms with E-state index in [1.165, 1.54) is 6.07 Å². The Morgan fingerprint density at radius 1 is 1.56 bits per heavy atom. The second-order valence-corrected chi connectivity index (χ2v) is 6.45. The predicted octanol–water partition coefficient (Wildman–Crippen LogP) is 2.02.